The highest BCUT2D eigenvalue weighted by Crippen LogP contribution is 2.40. The Hall–Kier alpha value is -3.33. The van der Waals surface area contributed by atoms with Gasteiger partial charge in [0, 0.05) is 29.5 Å². The van der Waals surface area contributed by atoms with Gasteiger partial charge in [-0.25, -0.2) is 0 Å². The molecule has 1 amide bonds. The van der Waals surface area contributed by atoms with Gasteiger partial charge in [-0.1, -0.05) is 29.8 Å². The van der Waals surface area contributed by atoms with E-state index in [9.17, 15) is 18.0 Å². The minimum Gasteiger partial charge on any atom is -0.406 e. The molecule has 0 bridgehead atoms. The summed E-state index contributed by atoms with van der Waals surface area (Å²) in [5.41, 5.74) is 2.43. The predicted octanol–water partition coefficient (Wildman–Crippen LogP) is 5.18. The molecule has 4 rings (SSSR count). The van der Waals surface area contributed by atoms with Gasteiger partial charge in [0.2, 0.25) is 5.91 Å². The van der Waals surface area contributed by atoms with Crippen molar-refractivity contribution in [3.05, 3.63) is 76.3 Å². The van der Waals surface area contributed by atoms with Gasteiger partial charge in [0.15, 0.2) is 0 Å². The van der Waals surface area contributed by atoms with E-state index in [1.54, 1.807) is 35.8 Å². The molecule has 172 valence electrons. The fourth-order valence-electron chi connectivity index (χ4n) is 3.91. The van der Waals surface area contributed by atoms with Gasteiger partial charge in [-0.05, 0) is 55.3 Å². The zero-order valence-corrected chi connectivity index (χ0v) is 18.5. The lowest BCUT2D eigenvalue weighted by molar-refractivity contribution is -0.274. The normalized spacial score (nSPS) is 15.2. The summed E-state index contributed by atoms with van der Waals surface area (Å²) in [5, 5.41) is 11.7. The number of allylic oxidation sites excluding steroid dienone is 1. The third-order valence-corrected chi connectivity index (χ3v) is 5.47. The third-order valence-electron chi connectivity index (χ3n) is 5.22. The number of ether oxygens (including phenoxy) is 1. The van der Waals surface area contributed by atoms with Gasteiger partial charge in [-0.3, -0.25) is 9.36 Å². The summed E-state index contributed by atoms with van der Waals surface area (Å²) >= 11 is 6.05. The molecule has 0 radical (unpaired) electrons. The van der Waals surface area contributed by atoms with Crippen LogP contribution in [0.15, 0.2) is 48.5 Å². The molecule has 0 unspecified atom stereocenters. The van der Waals surface area contributed by atoms with Crippen molar-refractivity contribution in [3.63, 3.8) is 0 Å². The Kier molecular flexibility index (Phi) is 6.16. The van der Waals surface area contributed by atoms with E-state index >= 15 is 0 Å². The summed E-state index contributed by atoms with van der Waals surface area (Å²) in [6.07, 6.45) is -2.90. The highest BCUT2D eigenvalue weighted by molar-refractivity contribution is 6.30. The predicted molar refractivity (Wildman–Crippen MR) is 117 cm³/mol. The van der Waals surface area contributed by atoms with Crippen LogP contribution in [0.3, 0.4) is 0 Å². The summed E-state index contributed by atoms with van der Waals surface area (Å²) in [4.78, 5) is 12.5. The van der Waals surface area contributed by atoms with Crippen molar-refractivity contribution in [2.24, 2.45) is 0 Å². The van der Waals surface area contributed by atoms with Crippen molar-refractivity contribution < 1.29 is 22.7 Å². The van der Waals surface area contributed by atoms with E-state index in [1.807, 2.05) is 13.0 Å². The number of halogens is 4. The topological polar surface area (TPSA) is 69.0 Å². The number of aromatic nitrogens is 3. The van der Waals surface area contributed by atoms with E-state index in [4.69, 9.17) is 11.6 Å². The molecule has 3 aromatic rings. The van der Waals surface area contributed by atoms with Crippen LogP contribution in [-0.4, -0.2) is 33.6 Å². The lowest BCUT2D eigenvalue weighted by Crippen LogP contribution is -2.24. The van der Waals surface area contributed by atoms with Gasteiger partial charge in [0.25, 0.3) is 0 Å². The molecule has 0 aliphatic carbocycles. The highest BCUT2D eigenvalue weighted by atomic mass is 35.5. The first kappa shape index (κ1) is 22.8. The van der Waals surface area contributed by atoms with E-state index in [0.29, 0.717) is 40.0 Å². The number of carbonyl (C=O) groups excluding carboxylic acids is 1. The van der Waals surface area contributed by atoms with Crippen molar-refractivity contribution in [3.8, 4) is 11.4 Å². The van der Waals surface area contributed by atoms with Gasteiger partial charge < -0.3 is 10.1 Å². The maximum absolute atomic E-state index is 12.9. The molecular weight excluding hydrogens is 457 g/mol. The van der Waals surface area contributed by atoms with Gasteiger partial charge >= 0.3 is 6.36 Å². The molecule has 6 nitrogen and oxygen atoms in total. The van der Waals surface area contributed by atoms with Crippen LogP contribution < -0.4 is 10.1 Å². The first-order valence-corrected chi connectivity index (χ1v) is 10.6. The van der Waals surface area contributed by atoms with Crippen LogP contribution in [0.25, 0.3) is 11.3 Å². The van der Waals surface area contributed by atoms with Crippen LogP contribution >= 0.6 is 11.6 Å². The quantitative estimate of drug-likeness (QED) is 0.550. The number of hydrogen-bond acceptors (Lipinski definition) is 4. The standard InChI is InChI=1S/C23H20ClF3N4O2/c1-3-28-21(32)11-15-10-18(14-4-6-16(24)7-5-14)19-12-17(33-23(25,26)27)8-9-20(19)31-13(2)29-30-22(15)31/h4-10,12,15H,3,11H2,1-2H3,(H,28,32)/t15-/m0/s1. The number of fused-ring (bicyclic) bond motifs is 3. The maximum Gasteiger partial charge on any atom is 0.573 e. The van der Waals surface area contributed by atoms with E-state index in [1.165, 1.54) is 18.2 Å². The van der Waals surface area contributed by atoms with E-state index in [-0.39, 0.29) is 18.1 Å². The molecule has 1 aromatic heterocycles. The highest BCUT2D eigenvalue weighted by Gasteiger charge is 2.33. The van der Waals surface area contributed by atoms with Gasteiger partial charge in [0.1, 0.15) is 17.4 Å². The molecule has 10 heteroatoms. The van der Waals surface area contributed by atoms with E-state index in [0.717, 1.165) is 5.56 Å². The number of aryl methyl sites for hydroxylation is 1. The number of rotatable bonds is 5. The molecule has 0 saturated carbocycles. The SMILES string of the molecule is CCNC(=O)C[C@@H]1C=C(c2ccc(Cl)cc2)c2cc(OC(F)(F)F)ccc2-n2c(C)nnc21. The van der Waals surface area contributed by atoms with Crippen LogP contribution in [0.1, 0.15) is 42.0 Å². The van der Waals surface area contributed by atoms with Crippen LogP contribution in [0.5, 0.6) is 5.75 Å². The number of hydrogen-bond donors (Lipinski definition) is 1. The molecular formula is C23H20ClF3N4O2. The lowest BCUT2D eigenvalue weighted by atomic mass is 9.92. The average molecular weight is 477 g/mol. The molecule has 1 aliphatic heterocycles. The Morgan fingerprint density at radius 3 is 2.58 bits per heavy atom. The first-order valence-electron chi connectivity index (χ1n) is 10.2. The fraction of sp³-hybridized carbons (Fsp3) is 0.261. The average Bonchev–Trinajstić information content (AvgIpc) is 3.06. The number of benzene rings is 2. The van der Waals surface area contributed by atoms with Crippen molar-refractivity contribution in [2.75, 3.05) is 6.54 Å². The molecule has 1 N–H and O–H groups in total. The second-order valence-corrected chi connectivity index (χ2v) is 7.96. The smallest absolute Gasteiger partial charge is 0.406 e. The zero-order valence-electron chi connectivity index (χ0n) is 17.8. The van der Waals surface area contributed by atoms with Crippen LogP contribution in [0.4, 0.5) is 13.2 Å². The Balaban J connectivity index is 1.94. The Morgan fingerprint density at radius 2 is 1.91 bits per heavy atom. The summed E-state index contributed by atoms with van der Waals surface area (Å²) in [6.45, 7) is 4.05. The minimum atomic E-state index is -4.83. The summed E-state index contributed by atoms with van der Waals surface area (Å²) < 4.78 is 44.7. The maximum atomic E-state index is 12.9. The van der Waals surface area contributed by atoms with E-state index < -0.39 is 12.3 Å². The third kappa shape index (κ3) is 4.88. The molecule has 1 aliphatic rings. The Labute approximate surface area is 193 Å². The van der Waals surface area contributed by atoms with Crippen molar-refractivity contribution in [2.45, 2.75) is 32.5 Å². The number of alkyl halides is 3. The first-order chi connectivity index (χ1) is 15.7. The fourth-order valence-corrected chi connectivity index (χ4v) is 4.03. The monoisotopic (exact) mass is 476 g/mol. The van der Waals surface area contributed by atoms with Crippen LogP contribution in [0.2, 0.25) is 5.02 Å². The van der Waals surface area contributed by atoms with Gasteiger partial charge in [-0.15, -0.1) is 23.4 Å². The molecule has 0 fully saturated rings. The second kappa shape index (κ2) is 8.90. The summed E-state index contributed by atoms with van der Waals surface area (Å²) in [5.74, 6) is 0.0719. The number of nitrogens with zero attached hydrogens (tertiary/aromatic N) is 3. The van der Waals surface area contributed by atoms with E-state index in [2.05, 4.69) is 20.3 Å². The summed E-state index contributed by atoms with van der Waals surface area (Å²) in [6, 6.07) is 11.1. The number of carbonyl (C=O) groups is 1. The van der Waals surface area contributed by atoms with Crippen molar-refractivity contribution in [1.82, 2.24) is 20.1 Å². The summed E-state index contributed by atoms with van der Waals surface area (Å²) in [7, 11) is 0. The van der Waals surface area contributed by atoms with Crippen LogP contribution in [0, 0.1) is 6.92 Å². The molecule has 0 spiro atoms. The minimum absolute atomic E-state index is 0.100. The Morgan fingerprint density at radius 1 is 1.18 bits per heavy atom. The second-order valence-electron chi connectivity index (χ2n) is 7.52. The molecule has 2 aromatic carbocycles. The number of nitrogens with one attached hydrogen (secondary N) is 1. The molecule has 0 saturated heterocycles. The van der Waals surface area contributed by atoms with Crippen LogP contribution in [-0.2, 0) is 4.79 Å². The molecule has 1 atom stereocenters. The van der Waals surface area contributed by atoms with Gasteiger partial charge in [0.05, 0.1) is 5.69 Å². The van der Waals surface area contributed by atoms with Gasteiger partial charge in [-0.2, -0.15) is 0 Å². The lowest BCUT2D eigenvalue weighted by Gasteiger charge is -2.16. The zero-order chi connectivity index (χ0) is 23.8. The largest absolute Gasteiger partial charge is 0.573 e. The van der Waals surface area contributed by atoms with Crippen molar-refractivity contribution in [1.29, 1.82) is 0 Å². The molecule has 2 heterocycles. The molecule has 33 heavy (non-hydrogen) atoms. The van der Waals surface area contributed by atoms with Crippen molar-refractivity contribution >= 4 is 23.1 Å². The Bertz CT molecular complexity index is 1220. The number of amides is 1.